The average molecular weight is 499 g/mol. The van der Waals surface area contributed by atoms with E-state index < -0.39 is 12.1 Å². The minimum atomic E-state index is -0.844. The summed E-state index contributed by atoms with van der Waals surface area (Å²) >= 11 is 0. The van der Waals surface area contributed by atoms with Gasteiger partial charge in [-0.1, -0.05) is 36.4 Å². The minimum absolute atomic E-state index is 0.0121. The van der Waals surface area contributed by atoms with Gasteiger partial charge in [0.25, 0.3) is 0 Å². The molecular formula is C29H32F2O5. The van der Waals surface area contributed by atoms with Crippen LogP contribution in [0.25, 0.3) is 0 Å². The van der Waals surface area contributed by atoms with Gasteiger partial charge in [0.15, 0.2) is 0 Å². The van der Waals surface area contributed by atoms with Crippen molar-refractivity contribution >= 4 is 5.97 Å². The van der Waals surface area contributed by atoms with E-state index in [1.807, 2.05) is 24.3 Å². The van der Waals surface area contributed by atoms with E-state index in [0.717, 1.165) is 18.4 Å². The highest BCUT2D eigenvalue weighted by atomic mass is 19.1. The van der Waals surface area contributed by atoms with Crippen molar-refractivity contribution in [3.05, 3.63) is 90.0 Å². The molecule has 2 bridgehead atoms. The number of aliphatic carboxylic acids is 1. The third-order valence-corrected chi connectivity index (χ3v) is 7.25. The van der Waals surface area contributed by atoms with Gasteiger partial charge in [0, 0.05) is 17.8 Å². The van der Waals surface area contributed by atoms with Crippen LogP contribution in [0.3, 0.4) is 0 Å². The number of benzene rings is 2. The van der Waals surface area contributed by atoms with Gasteiger partial charge in [0.05, 0.1) is 12.7 Å². The molecule has 0 spiro atoms. The van der Waals surface area contributed by atoms with Crippen LogP contribution < -0.4 is 4.74 Å². The van der Waals surface area contributed by atoms with Gasteiger partial charge in [0.1, 0.15) is 30.1 Å². The standard InChI is InChI=1S/C29H32F2O5/c30-21-9-7-20(8-10-21)29-17-27(36-19-29)25(26(29)5-3-1-2-4-6-28(33)34)16-13-23(32)18-35-24-14-11-22(31)12-15-24/h1,3,7-16,23,25-27,32H,2,4-6,17-19H2,(H,33,34)/b3-1+,16-13+/t23-,25-,26-,27?,29?/m1/s1. The van der Waals surface area contributed by atoms with Crippen molar-refractivity contribution in [2.45, 2.75) is 49.7 Å². The maximum Gasteiger partial charge on any atom is 0.303 e. The summed E-state index contributed by atoms with van der Waals surface area (Å²) < 4.78 is 38.4. The molecule has 1 saturated carbocycles. The van der Waals surface area contributed by atoms with Gasteiger partial charge in [0.2, 0.25) is 0 Å². The maximum absolute atomic E-state index is 13.6. The van der Waals surface area contributed by atoms with E-state index in [1.165, 1.54) is 36.4 Å². The number of hydrogen-bond acceptors (Lipinski definition) is 4. The Balaban J connectivity index is 1.45. The molecule has 2 N–H and O–H groups in total. The van der Waals surface area contributed by atoms with Gasteiger partial charge in [-0.25, -0.2) is 8.78 Å². The second-order valence-electron chi connectivity index (χ2n) is 9.61. The topological polar surface area (TPSA) is 76.0 Å². The lowest BCUT2D eigenvalue weighted by Crippen LogP contribution is -2.39. The minimum Gasteiger partial charge on any atom is -0.491 e. The molecule has 0 radical (unpaired) electrons. The zero-order valence-electron chi connectivity index (χ0n) is 20.1. The molecule has 36 heavy (non-hydrogen) atoms. The van der Waals surface area contributed by atoms with Crippen LogP contribution in [0.15, 0.2) is 72.8 Å². The normalized spacial score (nSPS) is 26.1. The molecule has 1 aliphatic carbocycles. The molecule has 2 aliphatic rings. The molecule has 1 heterocycles. The number of ether oxygens (including phenoxy) is 2. The molecule has 0 aromatic heterocycles. The number of allylic oxidation sites excluding steroid dienone is 2. The van der Waals surface area contributed by atoms with Crippen LogP contribution in [0.5, 0.6) is 5.75 Å². The van der Waals surface area contributed by atoms with Crippen LogP contribution in [0.4, 0.5) is 8.78 Å². The van der Waals surface area contributed by atoms with Gasteiger partial charge in [-0.2, -0.15) is 0 Å². The summed E-state index contributed by atoms with van der Waals surface area (Å²) in [6.07, 6.45) is 10.0. The van der Waals surface area contributed by atoms with Gasteiger partial charge in [-0.3, -0.25) is 4.79 Å². The van der Waals surface area contributed by atoms with Crippen LogP contribution in [-0.4, -0.2) is 41.6 Å². The molecular weight excluding hydrogens is 466 g/mol. The van der Waals surface area contributed by atoms with Crippen LogP contribution in [-0.2, 0) is 14.9 Å². The molecule has 0 amide bonds. The molecule has 5 atom stereocenters. The third-order valence-electron chi connectivity index (χ3n) is 7.25. The first-order chi connectivity index (χ1) is 17.4. The summed E-state index contributed by atoms with van der Waals surface area (Å²) in [5.41, 5.74) is 0.792. The number of fused-ring (bicyclic) bond motifs is 2. The molecule has 2 fully saturated rings. The molecule has 5 nitrogen and oxygen atoms in total. The fraction of sp³-hybridized carbons (Fsp3) is 0.414. The fourth-order valence-electron chi connectivity index (χ4n) is 5.46. The summed E-state index contributed by atoms with van der Waals surface area (Å²) in [6, 6.07) is 12.3. The second-order valence-corrected chi connectivity index (χ2v) is 9.61. The van der Waals surface area contributed by atoms with Crippen molar-refractivity contribution in [1.82, 2.24) is 0 Å². The molecule has 1 saturated heterocycles. The molecule has 2 unspecified atom stereocenters. The van der Waals surface area contributed by atoms with E-state index in [2.05, 4.69) is 6.08 Å². The van der Waals surface area contributed by atoms with Crippen molar-refractivity contribution in [1.29, 1.82) is 0 Å². The summed E-state index contributed by atoms with van der Waals surface area (Å²) in [7, 11) is 0. The first kappa shape index (κ1) is 26.0. The van der Waals surface area contributed by atoms with Gasteiger partial charge >= 0.3 is 5.97 Å². The lowest BCUT2D eigenvalue weighted by Gasteiger charge is -2.38. The highest BCUT2D eigenvalue weighted by Gasteiger charge is 2.58. The summed E-state index contributed by atoms with van der Waals surface area (Å²) in [6.45, 7) is 0.596. The van der Waals surface area contributed by atoms with E-state index in [0.29, 0.717) is 25.2 Å². The fourth-order valence-corrected chi connectivity index (χ4v) is 5.46. The average Bonchev–Trinajstić information content (AvgIpc) is 3.43. The van der Waals surface area contributed by atoms with Crippen LogP contribution >= 0.6 is 0 Å². The van der Waals surface area contributed by atoms with Crippen LogP contribution in [0.2, 0.25) is 0 Å². The maximum atomic E-state index is 13.6. The molecule has 2 aromatic rings. The van der Waals surface area contributed by atoms with Crippen molar-refractivity contribution in [3.63, 3.8) is 0 Å². The van der Waals surface area contributed by atoms with Crippen molar-refractivity contribution in [2.75, 3.05) is 13.2 Å². The highest BCUT2D eigenvalue weighted by Crippen LogP contribution is 2.57. The Kier molecular flexibility index (Phi) is 8.54. The Morgan fingerprint density at radius 2 is 1.81 bits per heavy atom. The smallest absolute Gasteiger partial charge is 0.303 e. The largest absolute Gasteiger partial charge is 0.491 e. The summed E-state index contributed by atoms with van der Waals surface area (Å²) in [4.78, 5) is 10.7. The van der Waals surface area contributed by atoms with Crippen molar-refractivity contribution in [3.8, 4) is 5.75 Å². The third kappa shape index (κ3) is 6.20. The number of carboxylic acids is 1. The zero-order valence-corrected chi connectivity index (χ0v) is 20.1. The van der Waals surface area contributed by atoms with Crippen LogP contribution in [0.1, 0.15) is 37.7 Å². The summed E-state index contributed by atoms with van der Waals surface area (Å²) in [5.74, 6) is -0.716. The van der Waals surface area contributed by atoms with Crippen LogP contribution in [0, 0.1) is 23.5 Å². The Morgan fingerprint density at radius 3 is 2.50 bits per heavy atom. The quantitative estimate of drug-likeness (QED) is 0.301. The molecule has 1 aliphatic heterocycles. The van der Waals surface area contributed by atoms with Crippen molar-refractivity contribution < 1.29 is 33.3 Å². The number of halogens is 2. The molecule has 7 heteroatoms. The van der Waals surface area contributed by atoms with E-state index in [4.69, 9.17) is 14.6 Å². The number of aliphatic hydroxyl groups is 1. The number of hydrogen-bond donors (Lipinski definition) is 2. The number of carbonyl (C=O) groups is 1. The van der Waals surface area contributed by atoms with E-state index >= 15 is 0 Å². The van der Waals surface area contributed by atoms with Gasteiger partial charge in [-0.15, -0.1) is 0 Å². The first-order valence-electron chi connectivity index (χ1n) is 12.4. The lowest BCUT2D eigenvalue weighted by molar-refractivity contribution is -0.137. The Hall–Kier alpha value is -3.03. The number of rotatable bonds is 12. The Bertz CT molecular complexity index is 1070. The lowest BCUT2D eigenvalue weighted by atomic mass is 9.69. The Labute approximate surface area is 210 Å². The predicted octanol–water partition coefficient (Wildman–Crippen LogP) is 5.43. The SMILES string of the molecule is O=C(O)CCC/C=C/C[C@@H]1[C@@H](/C=C/[C@@H](O)COc2ccc(F)cc2)C2CC1(c1ccc(F)cc1)CO2. The number of unbranched alkanes of at least 4 members (excludes halogenated alkanes) is 1. The molecule has 2 aromatic carbocycles. The predicted molar refractivity (Wildman–Crippen MR) is 132 cm³/mol. The second kappa shape index (κ2) is 11.8. The van der Waals surface area contributed by atoms with Crippen molar-refractivity contribution in [2.24, 2.45) is 11.8 Å². The number of carboxylic acid groups (broad SMARTS) is 1. The van der Waals surface area contributed by atoms with E-state index in [1.54, 1.807) is 6.08 Å². The molecule has 4 rings (SSSR count). The van der Waals surface area contributed by atoms with Gasteiger partial charge < -0.3 is 19.7 Å². The first-order valence-corrected chi connectivity index (χ1v) is 12.4. The summed E-state index contributed by atoms with van der Waals surface area (Å²) in [5, 5.41) is 19.3. The van der Waals surface area contributed by atoms with Gasteiger partial charge in [-0.05, 0) is 73.6 Å². The molecule has 192 valence electrons. The Morgan fingerprint density at radius 1 is 1.11 bits per heavy atom. The van der Waals surface area contributed by atoms with E-state index in [9.17, 15) is 18.7 Å². The zero-order chi connectivity index (χ0) is 25.5. The van der Waals surface area contributed by atoms with E-state index in [-0.39, 0.29) is 48.0 Å². The highest BCUT2D eigenvalue weighted by molar-refractivity contribution is 5.66. The monoisotopic (exact) mass is 498 g/mol. The number of aliphatic hydroxyl groups excluding tert-OH is 1.